The summed E-state index contributed by atoms with van der Waals surface area (Å²) in [7, 11) is 0. The van der Waals surface area contributed by atoms with E-state index in [0.717, 1.165) is 6.42 Å². The number of rotatable bonds is 4. The van der Waals surface area contributed by atoms with Crippen molar-refractivity contribution in [1.29, 1.82) is 0 Å². The number of nitrogens with one attached hydrogen (secondary N) is 1. The van der Waals surface area contributed by atoms with Crippen molar-refractivity contribution in [3.63, 3.8) is 0 Å². The van der Waals surface area contributed by atoms with Crippen LogP contribution in [0.4, 0.5) is 10.2 Å². The van der Waals surface area contributed by atoms with E-state index in [-0.39, 0.29) is 17.3 Å². The lowest BCUT2D eigenvalue weighted by Crippen LogP contribution is -2.35. The Balaban J connectivity index is 2.90. The first-order chi connectivity index (χ1) is 7.86. The SMILES string of the molecule is Cc1ncnc(NC(CCCl)C(C)(C)C)c1F. The van der Waals surface area contributed by atoms with E-state index >= 15 is 0 Å². The lowest BCUT2D eigenvalue weighted by molar-refractivity contribution is 0.333. The van der Waals surface area contributed by atoms with E-state index in [1.165, 1.54) is 6.33 Å². The molecule has 0 aliphatic carbocycles. The monoisotopic (exact) mass is 259 g/mol. The molecule has 1 aromatic rings. The summed E-state index contributed by atoms with van der Waals surface area (Å²) in [5.41, 5.74) is 0.334. The van der Waals surface area contributed by atoms with Crippen LogP contribution in [0.3, 0.4) is 0 Å². The molecule has 0 fully saturated rings. The van der Waals surface area contributed by atoms with Gasteiger partial charge in [0, 0.05) is 11.9 Å². The molecule has 0 aliphatic rings. The van der Waals surface area contributed by atoms with Gasteiger partial charge in [-0.15, -0.1) is 11.6 Å². The Morgan fingerprint density at radius 1 is 1.41 bits per heavy atom. The van der Waals surface area contributed by atoms with Crippen LogP contribution in [0.5, 0.6) is 0 Å². The molecule has 1 heterocycles. The zero-order valence-corrected chi connectivity index (χ0v) is 11.5. The van der Waals surface area contributed by atoms with Gasteiger partial charge in [-0.1, -0.05) is 20.8 Å². The summed E-state index contributed by atoms with van der Waals surface area (Å²) in [6.45, 7) is 7.88. The molecule has 96 valence electrons. The molecule has 0 aliphatic heterocycles. The van der Waals surface area contributed by atoms with Crippen molar-refractivity contribution >= 4 is 17.4 Å². The Morgan fingerprint density at radius 2 is 2.06 bits per heavy atom. The van der Waals surface area contributed by atoms with E-state index in [4.69, 9.17) is 11.6 Å². The minimum Gasteiger partial charge on any atom is -0.364 e. The molecule has 0 saturated heterocycles. The highest BCUT2D eigenvalue weighted by atomic mass is 35.5. The van der Waals surface area contributed by atoms with Gasteiger partial charge in [0.05, 0.1) is 5.69 Å². The molecule has 0 bridgehead atoms. The van der Waals surface area contributed by atoms with Gasteiger partial charge in [-0.2, -0.15) is 0 Å². The fraction of sp³-hybridized carbons (Fsp3) is 0.667. The van der Waals surface area contributed by atoms with Crippen molar-refractivity contribution in [2.45, 2.75) is 40.2 Å². The van der Waals surface area contributed by atoms with E-state index in [9.17, 15) is 4.39 Å². The quantitative estimate of drug-likeness (QED) is 0.843. The van der Waals surface area contributed by atoms with Crippen LogP contribution in [0.1, 0.15) is 32.9 Å². The largest absolute Gasteiger partial charge is 0.364 e. The summed E-state index contributed by atoms with van der Waals surface area (Å²) in [4.78, 5) is 7.74. The average Bonchev–Trinajstić information content (AvgIpc) is 2.22. The molecular formula is C12H19ClFN3. The van der Waals surface area contributed by atoms with Crippen LogP contribution in [0.25, 0.3) is 0 Å². The Hall–Kier alpha value is -0.900. The maximum Gasteiger partial charge on any atom is 0.186 e. The highest BCUT2D eigenvalue weighted by Crippen LogP contribution is 2.26. The van der Waals surface area contributed by atoms with Crippen LogP contribution in [0.2, 0.25) is 0 Å². The highest BCUT2D eigenvalue weighted by molar-refractivity contribution is 6.17. The second-order valence-electron chi connectivity index (χ2n) is 5.16. The first-order valence-electron chi connectivity index (χ1n) is 5.66. The molecular weight excluding hydrogens is 241 g/mol. The third kappa shape index (κ3) is 3.80. The third-order valence-electron chi connectivity index (χ3n) is 2.72. The average molecular weight is 260 g/mol. The Labute approximate surface area is 107 Å². The minimum absolute atomic E-state index is 0.0137. The van der Waals surface area contributed by atoms with Crippen LogP contribution in [0, 0.1) is 18.2 Å². The first kappa shape index (κ1) is 14.2. The second-order valence-corrected chi connectivity index (χ2v) is 5.54. The van der Waals surface area contributed by atoms with Gasteiger partial charge in [-0.25, -0.2) is 14.4 Å². The molecule has 1 unspecified atom stereocenters. The maximum absolute atomic E-state index is 13.8. The molecule has 0 amide bonds. The van der Waals surface area contributed by atoms with Crippen molar-refractivity contribution in [3.05, 3.63) is 17.8 Å². The smallest absolute Gasteiger partial charge is 0.186 e. The Bertz CT molecular complexity index is 377. The summed E-state index contributed by atoms with van der Waals surface area (Å²) in [5.74, 6) is 0.388. The molecule has 5 heteroatoms. The number of hydrogen-bond donors (Lipinski definition) is 1. The third-order valence-corrected chi connectivity index (χ3v) is 2.94. The number of halogens is 2. The summed E-state index contributed by atoms with van der Waals surface area (Å²) >= 11 is 5.77. The zero-order valence-electron chi connectivity index (χ0n) is 10.7. The molecule has 0 saturated carbocycles. The van der Waals surface area contributed by atoms with Crippen LogP contribution in [-0.2, 0) is 0 Å². The summed E-state index contributed by atoms with van der Waals surface area (Å²) in [5, 5.41) is 3.12. The van der Waals surface area contributed by atoms with E-state index < -0.39 is 5.82 Å². The molecule has 0 spiro atoms. The molecule has 17 heavy (non-hydrogen) atoms. The van der Waals surface area contributed by atoms with Gasteiger partial charge in [-0.05, 0) is 18.8 Å². The van der Waals surface area contributed by atoms with Gasteiger partial charge in [0.15, 0.2) is 11.6 Å². The van der Waals surface area contributed by atoms with Crippen LogP contribution in [0.15, 0.2) is 6.33 Å². The number of anilines is 1. The van der Waals surface area contributed by atoms with Crippen molar-refractivity contribution in [1.82, 2.24) is 9.97 Å². The molecule has 0 aromatic carbocycles. The van der Waals surface area contributed by atoms with E-state index in [1.807, 2.05) is 0 Å². The van der Waals surface area contributed by atoms with Gasteiger partial charge < -0.3 is 5.32 Å². The number of aromatic nitrogens is 2. The van der Waals surface area contributed by atoms with Crippen LogP contribution >= 0.6 is 11.6 Å². The van der Waals surface area contributed by atoms with E-state index in [2.05, 4.69) is 36.1 Å². The summed E-state index contributed by atoms with van der Waals surface area (Å²) in [6, 6.07) is 0.0730. The minimum atomic E-state index is -0.392. The lowest BCUT2D eigenvalue weighted by atomic mass is 9.85. The Morgan fingerprint density at radius 3 is 2.59 bits per heavy atom. The topological polar surface area (TPSA) is 37.8 Å². The van der Waals surface area contributed by atoms with E-state index in [0.29, 0.717) is 11.6 Å². The molecule has 0 radical (unpaired) electrons. The van der Waals surface area contributed by atoms with Gasteiger partial charge in [0.25, 0.3) is 0 Å². The van der Waals surface area contributed by atoms with Gasteiger partial charge >= 0.3 is 0 Å². The Kier molecular flexibility index (Phi) is 4.69. The van der Waals surface area contributed by atoms with Crippen LogP contribution < -0.4 is 5.32 Å². The maximum atomic E-state index is 13.8. The van der Waals surface area contributed by atoms with E-state index in [1.54, 1.807) is 6.92 Å². The molecule has 1 aromatic heterocycles. The number of nitrogens with zero attached hydrogens (tertiary/aromatic N) is 2. The zero-order chi connectivity index (χ0) is 13.1. The molecule has 3 nitrogen and oxygen atoms in total. The standard InChI is InChI=1S/C12H19ClFN3/c1-8-10(14)11(16-7-15-8)17-9(5-6-13)12(2,3)4/h7,9H,5-6H2,1-4H3,(H,15,16,17). The predicted molar refractivity (Wildman–Crippen MR) is 68.9 cm³/mol. The van der Waals surface area contributed by atoms with Gasteiger partial charge in [-0.3, -0.25) is 0 Å². The van der Waals surface area contributed by atoms with Gasteiger partial charge in [0.1, 0.15) is 6.33 Å². The lowest BCUT2D eigenvalue weighted by Gasteiger charge is -2.31. The summed E-state index contributed by atoms with van der Waals surface area (Å²) < 4.78 is 13.8. The summed E-state index contributed by atoms with van der Waals surface area (Å²) in [6.07, 6.45) is 2.12. The predicted octanol–water partition coefficient (Wildman–Crippen LogP) is 3.38. The van der Waals surface area contributed by atoms with Crippen molar-refractivity contribution in [2.24, 2.45) is 5.41 Å². The fourth-order valence-corrected chi connectivity index (χ4v) is 1.77. The second kappa shape index (κ2) is 5.63. The van der Waals surface area contributed by atoms with Crippen LogP contribution in [-0.4, -0.2) is 21.9 Å². The van der Waals surface area contributed by atoms with Crippen molar-refractivity contribution in [3.8, 4) is 0 Å². The molecule has 1 N–H and O–H groups in total. The normalized spacial score (nSPS) is 13.5. The number of hydrogen-bond acceptors (Lipinski definition) is 3. The highest BCUT2D eigenvalue weighted by Gasteiger charge is 2.25. The number of aryl methyl sites for hydroxylation is 1. The first-order valence-corrected chi connectivity index (χ1v) is 6.19. The van der Waals surface area contributed by atoms with Crippen molar-refractivity contribution in [2.75, 3.05) is 11.2 Å². The fourth-order valence-electron chi connectivity index (χ4n) is 1.55. The molecule has 1 rings (SSSR count). The van der Waals surface area contributed by atoms with Crippen molar-refractivity contribution < 1.29 is 4.39 Å². The van der Waals surface area contributed by atoms with Gasteiger partial charge in [0.2, 0.25) is 0 Å². The number of alkyl halides is 1. The molecule has 1 atom stereocenters.